The van der Waals surface area contributed by atoms with Gasteiger partial charge >= 0.3 is 0 Å². The predicted molar refractivity (Wildman–Crippen MR) is 82.7 cm³/mol. The van der Waals surface area contributed by atoms with Gasteiger partial charge in [-0.1, -0.05) is 32.6 Å². The second-order valence-corrected chi connectivity index (χ2v) is 6.33. The van der Waals surface area contributed by atoms with Gasteiger partial charge in [-0.15, -0.1) is 0 Å². The van der Waals surface area contributed by atoms with Crippen LogP contribution in [0.1, 0.15) is 51.9 Å². The van der Waals surface area contributed by atoms with Gasteiger partial charge in [0.15, 0.2) is 0 Å². The summed E-state index contributed by atoms with van der Waals surface area (Å²) in [6.07, 6.45) is 9.90. The van der Waals surface area contributed by atoms with Crippen LogP contribution in [-0.2, 0) is 0 Å². The fourth-order valence-corrected chi connectivity index (χ4v) is 3.46. The van der Waals surface area contributed by atoms with E-state index in [-0.39, 0.29) is 0 Å². The van der Waals surface area contributed by atoms with E-state index in [1.165, 1.54) is 90.8 Å². The van der Waals surface area contributed by atoms with Crippen molar-refractivity contribution in [3.63, 3.8) is 0 Å². The molecule has 0 aromatic rings. The zero-order valence-electron chi connectivity index (χ0n) is 12.9. The van der Waals surface area contributed by atoms with Crippen molar-refractivity contribution in [2.45, 2.75) is 57.9 Å². The van der Waals surface area contributed by atoms with Gasteiger partial charge in [0.1, 0.15) is 0 Å². The van der Waals surface area contributed by atoms with Gasteiger partial charge in [0.2, 0.25) is 0 Å². The third kappa shape index (κ3) is 5.80. The Morgan fingerprint density at radius 1 is 0.842 bits per heavy atom. The number of rotatable bonds is 6. The van der Waals surface area contributed by atoms with Gasteiger partial charge in [-0.3, -0.25) is 4.90 Å². The number of nitrogens with one attached hydrogen (secondary N) is 1. The first-order valence-electron chi connectivity index (χ1n) is 8.56. The summed E-state index contributed by atoms with van der Waals surface area (Å²) in [5, 5.41) is 3.79. The maximum atomic E-state index is 3.79. The molecule has 1 N–H and O–H groups in total. The van der Waals surface area contributed by atoms with Gasteiger partial charge in [0, 0.05) is 45.3 Å². The molecule has 1 heterocycles. The Morgan fingerprint density at radius 3 is 2.00 bits per heavy atom. The summed E-state index contributed by atoms with van der Waals surface area (Å²) in [5.74, 6) is 0. The van der Waals surface area contributed by atoms with E-state index in [0.29, 0.717) is 0 Å². The Kier molecular flexibility index (Phi) is 7.18. The molecule has 2 fully saturated rings. The van der Waals surface area contributed by atoms with Crippen LogP contribution in [0.15, 0.2) is 0 Å². The van der Waals surface area contributed by atoms with Crippen LogP contribution >= 0.6 is 0 Å². The zero-order valence-corrected chi connectivity index (χ0v) is 12.9. The molecule has 2 aliphatic rings. The second kappa shape index (κ2) is 8.93. The van der Waals surface area contributed by atoms with Crippen molar-refractivity contribution < 1.29 is 0 Å². The molecule has 1 aliphatic carbocycles. The van der Waals surface area contributed by atoms with Crippen LogP contribution in [0.5, 0.6) is 0 Å². The Bertz CT molecular complexity index is 216. The molecule has 3 nitrogen and oxygen atoms in total. The molecular weight excluding hydrogens is 234 g/mol. The quantitative estimate of drug-likeness (QED) is 0.745. The summed E-state index contributed by atoms with van der Waals surface area (Å²) in [5.41, 5.74) is 0. The molecule has 19 heavy (non-hydrogen) atoms. The highest BCUT2D eigenvalue weighted by Gasteiger charge is 2.16. The smallest absolute Gasteiger partial charge is 0.0110 e. The first-order chi connectivity index (χ1) is 9.38. The van der Waals surface area contributed by atoms with Crippen LogP contribution < -0.4 is 5.32 Å². The first-order valence-corrected chi connectivity index (χ1v) is 8.56. The molecular formula is C16H33N3. The normalized spacial score (nSPS) is 24.5. The number of piperazine rings is 1. The lowest BCUT2D eigenvalue weighted by molar-refractivity contribution is 0.132. The van der Waals surface area contributed by atoms with E-state index in [2.05, 4.69) is 22.0 Å². The van der Waals surface area contributed by atoms with Gasteiger partial charge in [0.05, 0.1) is 0 Å². The zero-order chi connectivity index (χ0) is 13.3. The van der Waals surface area contributed by atoms with Crippen LogP contribution in [-0.4, -0.2) is 61.7 Å². The molecule has 0 bridgehead atoms. The minimum absolute atomic E-state index is 0.809. The Hall–Kier alpha value is -0.120. The van der Waals surface area contributed by atoms with Crippen LogP contribution in [0.2, 0.25) is 0 Å². The van der Waals surface area contributed by atoms with E-state index >= 15 is 0 Å². The maximum absolute atomic E-state index is 3.79. The van der Waals surface area contributed by atoms with Crippen LogP contribution in [0.25, 0.3) is 0 Å². The van der Waals surface area contributed by atoms with E-state index in [4.69, 9.17) is 0 Å². The molecule has 0 aromatic heterocycles. The van der Waals surface area contributed by atoms with Crippen molar-refractivity contribution in [3.05, 3.63) is 0 Å². The third-order valence-corrected chi connectivity index (χ3v) is 4.72. The maximum Gasteiger partial charge on any atom is 0.0110 e. The minimum Gasteiger partial charge on any atom is -0.313 e. The lowest BCUT2D eigenvalue weighted by atomic mass is 10.1. The molecule has 1 aliphatic heterocycles. The number of hydrogen-bond acceptors (Lipinski definition) is 3. The van der Waals surface area contributed by atoms with E-state index in [1.807, 2.05) is 0 Å². The molecule has 1 saturated carbocycles. The van der Waals surface area contributed by atoms with Gasteiger partial charge < -0.3 is 10.2 Å². The average molecular weight is 267 g/mol. The Morgan fingerprint density at radius 2 is 1.42 bits per heavy atom. The summed E-state index contributed by atoms with van der Waals surface area (Å²) in [4.78, 5) is 5.24. The van der Waals surface area contributed by atoms with Gasteiger partial charge in [0.25, 0.3) is 0 Å². The van der Waals surface area contributed by atoms with Crippen LogP contribution in [0.4, 0.5) is 0 Å². The molecule has 0 unspecified atom stereocenters. The van der Waals surface area contributed by atoms with E-state index in [9.17, 15) is 0 Å². The fourth-order valence-electron chi connectivity index (χ4n) is 3.46. The molecule has 0 spiro atoms. The predicted octanol–water partition coefficient (Wildman–Crippen LogP) is 2.33. The molecule has 3 heteroatoms. The van der Waals surface area contributed by atoms with E-state index in [0.717, 1.165) is 6.04 Å². The second-order valence-electron chi connectivity index (χ2n) is 6.33. The van der Waals surface area contributed by atoms with Crippen molar-refractivity contribution in [3.8, 4) is 0 Å². The highest BCUT2D eigenvalue weighted by molar-refractivity contribution is 4.74. The van der Waals surface area contributed by atoms with Crippen molar-refractivity contribution in [2.75, 3.05) is 45.8 Å². The highest BCUT2D eigenvalue weighted by atomic mass is 15.3. The summed E-state index contributed by atoms with van der Waals surface area (Å²) in [7, 11) is 0. The van der Waals surface area contributed by atoms with Crippen molar-refractivity contribution in [2.24, 2.45) is 0 Å². The Balaban J connectivity index is 1.53. The third-order valence-electron chi connectivity index (χ3n) is 4.72. The highest BCUT2D eigenvalue weighted by Crippen LogP contribution is 2.16. The number of hydrogen-bond donors (Lipinski definition) is 1. The molecule has 1 saturated heterocycles. The first kappa shape index (κ1) is 15.3. The van der Waals surface area contributed by atoms with Gasteiger partial charge in [-0.2, -0.15) is 0 Å². The van der Waals surface area contributed by atoms with Gasteiger partial charge in [-0.25, -0.2) is 0 Å². The topological polar surface area (TPSA) is 18.5 Å². The lowest BCUT2D eigenvalue weighted by Gasteiger charge is -2.34. The Labute approximate surface area is 119 Å². The molecule has 0 aromatic carbocycles. The summed E-state index contributed by atoms with van der Waals surface area (Å²) >= 11 is 0. The SMILES string of the molecule is CCCN1CCN(CCNC2CCCCCC2)CC1. The molecule has 112 valence electrons. The monoisotopic (exact) mass is 267 g/mol. The van der Waals surface area contributed by atoms with Crippen molar-refractivity contribution >= 4 is 0 Å². The van der Waals surface area contributed by atoms with E-state index in [1.54, 1.807) is 0 Å². The van der Waals surface area contributed by atoms with E-state index < -0.39 is 0 Å². The van der Waals surface area contributed by atoms with Crippen molar-refractivity contribution in [1.29, 1.82) is 0 Å². The molecule has 0 atom stereocenters. The van der Waals surface area contributed by atoms with Gasteiger partial charge in [-0.05, 0) is 25.8 Å². The summed E-state index contributed by atoms with van der Waals surface area (Å²) in [6.45, 7) is 11.1. The standard InChI is InChI=1S/C16H33N3/c1-2-10-18-12-14-19(15-13-18)11-9-17-16-7-5-3-4-6-8-16/h16-17H,2-15H2,1H3. The van der Waals surface area contributed by atoms with Crippen molar-refractivity contribution in [1.82, 2.24) is 15.1 Å². The molecule has 2 rings (SSSR count). The number of nitrogens with zero attached hydrogens (tertiary/aromatic N) is 2. The van der Waals surface area contributed by atoms with Crippen LogP contribution in [0.3, 0.4) is 0 Å². The molecule has 0 amide bonds. The lowest BCUT2D eigenvalue weighted by Crippen LogP contribution is -2.48. The summed E-state index contributed by atoms with van der Waals surface area (Å²) in [6, 6.07) is 0.809. The fraction of sp³-hybridized carbons (Fsp3) is 1.00. The molecule has 0 radical (unpaired) electrons. The average Bonchev–Trinajstić information content (AvgIpc) is 2.70. The van der Waals surface area contributed by atoms with Crippen LogP contribution in [0, 0.1) is 0 Å². The largest absolute Gasteiger partial charge is 0.313 e. The summed E-state index contributed by atoms with van der Waals surface area (Å²) < 4.78 is 0. The minimum atomic E-state index is 0.809.